The maximum absolute atomic E-state index is 11.1. The molecule has 72 valence electrons. The van der Waals surface area contributed by atoms with Gasteiger partial charge in [-0.25, -0.2) is 0 Å². The van der Waals surface area contributed by atoms with Gasteiger partial charge in [-0.3, -0.25) is 4.79 Å². The van der Waals surface area contributed by atoms with Crippen LogP contribution in [0.1, 0.15) is 12.8 Å². The zero-order valence-corrected chi connectivity index (χ0v) is 7.45. The van der Waals surface area contributed by atoms with Gasteiger partial charge in [0.05, 0.1) is 18.9 Å². The van der Waals surface area contributed by atoms with E-state index in [9.17, 15) is 9.90 Å². The quantitative estimate of drug-likeness (QED) is 0.641. The molecule has 4 heteroatoms. The Labute approximate surface area is 76.8 Å². The molecule has 0 radical (unpaired) electrons. The van der Waals surface area contributed by atoms with E-state index in [1.54, 1.807) is 0 Å². The number of carbonyl (C=O) groups excluding carboxylic acids is 1. The van der Waals surface area contributed by atoms with E-state index in [1.165, 1.54) is 0 Å². The lowest BCUT2D eigenvalue weighted by Gasteiger charge is -2.29. The first-order valence-corrected chi connectivity index (χ1v) is 4.57. The minimum Gasteiger partial charge on any atom is -0.503 e. The minimum absolute atomic E-state index is 0.0260. The molecule has 0 saturated carbocycles. The highest BCUT2D eigenvalue weighted by molar-refractivity contribution is 5.96. The van der Waals surface area contributed by atoms with Crippen LogP contribution in [0.4, 0.5) is 0 Å². The maximum atomic E-state index is 11.1. The van der Waals surface area contributed by atoms with Crippen molar-refractivity contribution in [3.05, 3.63) is 11.5 Å². The molecule has 0 aromatic rings. The highest BCUT2D eigenvalue weighted by Crippen LogP contribution is 2.24. The van der Waals surface area contributed by atoms with Crippen LogP contribution in [0.3, 0.4) is 0 Å². The first-order valence-electron chi connectivity index (χ1n) is 4.57. The number of ketones is 1. The molecule has 0 bridgehead atoms. The lowest BCUT2D eigenvalue weighted by atomic mass is 10.3. The summed E-state index contributed by atoms with van der Waals surface area (Å²) in [4.78, 5) is 13.1. The molecule has 2 rings (SSSR count). The number of nitrogens with zero attached hydrogens (tertiary/aromatic N) is 1. The Morgan fingerprint density at radius 1 is 1.23 bits per heavy atom. The van der Waals surface area contributed by atoms with E-state index in [2.05, 4.69) is 0 Å². The number of hydrogen-bond donors (Lipinski definition) is 1. The number of hydrogen-bond acceptors (Lipinski definition) is 4. The summed E-state index contributed by atoms with van der Waals surface area (Å²) in [5, 5.41) is 9.46. The summed E-state index contributed by atoms with van der Waals surface area (Å²) in [7, 11) is 0. The summed E-state index contributed by atoms with van der Waals surface area (Å²) in [5.41, 5.74) is 0.813. The molecule has 0 aromatic heterocycles. The molecule has 1 aliphatic carbocycles. The van der Waals surface area contributed by atoms with Crippen LogP contribution in [0.5, 0.6) is 0 Å². The highest BCUT2D eigenvalue weighted by atomic mass is 16.5. The second-order valence-electron chi connectivity index (χ2n) is 3.32. The summed E-state index contributed by atoms with van der Waals surface area (Å²) < 4.78 is 5.19. The predicted molar refractivity (Wildman–Crippen MR) is 46.3 cm³/mol. The molecule has 1 saturated heterocycles. The van der Waals surface area contributed by atoms with Gasteiger partial charge in [-0.15, -0.1) is 0 Å². The van der Waals surface area contributed by atoms with Crippen LogP contribution in [0, 0.1) is 0 Å². The number of aliphatic hydroxyl groups excluding tert-OH is 1. The minimum atomic E-state index is -0.124. The van der Waals surface area contributed by atoms with Crippen molar-refractivity contribution < 1.29 is 14.6 Å². The van der Waals surface area contributed by atoms with Crippen LogP contribution in [-0.4, -0.2) is 42.1 Å². The van der Waals surface area contributed by atoms with Gasteiger partial charge in [-0.2, -0.15) is 0 Å². The first-order chi connectivity index (χ1) is 6.29. The Kier molecular flexibility index (Phi) is 2.22. The van der Waals surface area contributed by atoms with Gasteiger partial charge in [-0.05, 0) is 6.42 Å². The van der Waals surface area contributed by atoms with Crippen molar-refractivity contribution in [2.45, 2.75) is 12.8 Å². The van der Waals surface area contributed by atoms with Crippen LogP contribution in [0.15, 0.2) is 11.5 Å². The zero-order chi connectivity index (χ0) is 9.26. The van der Waals surface area contributed by atoms with E-state index >= 15 is 0 Å². The van der Waals surface area contributed by atoms with Gasteiger partial charge in [0.2, 0.25) is 0 Å². The molecular formula is C9H13NO3. The van der Waals surface area contributed by atoms with Gasteiger partial charge in [0.15, 0.2) is 11.5 Å². The van der Waals surface area contributed by atoms with Crippen LogP contribution in [0.2, 0.25) is 0 Å². The topological polar surface area (TPSA) is 49.8 Å². The standard InChI is InChI=1S/C9H13NO3/c11-8-2-1-7(9(8)12)10-3-5-13-6-4-10/h12H,1-6H2. The number of carbonyl (C=O) groups is 1. The molecule has 1 fully saturated rings. The number of Topliss-reactive ketones (excluding diaryl/α,β-unsaturated/α-hetero) is 1. The molecule has 13 heavy (non-hydrogen) atoms. The molecular weight excluding hydrogens is 170 g/mol. The molecule has 0 unspecified atom stereocenters. The molecule has 1 N–H and O–H groups in total. The fourth-order valence-corrected chi connectivity index (χ4v) is 1.77. The Hall–Kier alpha value is -1.03. The Morgan fingerprint density at radius 2 is 1.92 bits per heavy atom. The Bertz CT molecular complexity index is 254. The lowest BCUT2D eigenvalue weighted by Crippen LogP contribution is -2.35. The summed E-state index contributed by atoms with van der Waals surface area (Å²) in [5.74, 6) is -0.150. The first kappa shape index (κ1) is 8.56. The molecule has 0 spiro atoms. The SMILES string of the molecule is O=C1CCC(N2CCOCC2)=C1O. The van der Waals surface area contributed by atoms with E-state index in [0.29, 0.717) is 26.1 Å². The lowest BCUT2D eigenvalue weighted by molar-refractivity contribution is -0.117. The number of allylic oxidation sites excluding steroid dienone is 2. The fourth-order valence-electron chi connectivity index (χ4n) is 1.77. The average Bonchev–Trinajstić information content (AvgIpc) is 2.49. The van der Waals surface area contributed by atoms with Gasteiger partial charge < -0.3 is 14.7 Å². The molecule has 4 nitrogen and oxygen atoms in total. The van der Waals surface area contributed by atoms with Crippen molar-refractivity contribution >= 4 is 5.78 Å². The Morgan fingerprint density at radius 3 is 2.46 bits per heavy atom. The third-order valence-electron chi connectivity index (χ3n) is 2.52. The van der Waals surface area contributed by atoms with Gasteiger partial charge in [0.1, 0.15) is 0 Å². The van der Waals surface area contributed by atoms with Crippen molar-refractivity contribution in [1.82, 2.24) is 4.90 Å². The van der Waals surface area contributed by atoms with Crippen LogP contribution in [-0.2, 0) is 9.53 Å². The monoisotopic (exact) mass is 183 g/mol. The molecule has 0 aromatic carbocycles. The van der Waals surface area contributed by atoms with Gasteiger partial charge in [-0.1, -0.05) is 0 Å². The van der Waals surface area contributed by atoms with E-state index in [0.717, 1.165) is 18.8 Å². The Balaban J connectivity index is 2.11. The van der Waals surface area contributed by atoms with Crippen molar-refractivity contribution in [3.8, 4) is 0 Å². The average molecular weight is 183 g/mol. The van der Waals surface area contributed by atoms with Crippen LogP contribution in [0.25, 0.3) is 0 Å². The number of rotatable bonds is 1. The fraction of sp³-hybridized carbons (Fsp3) is 0.667. The van der Waals surface area contributed by atoms with Crippen molar-refractivity contribution in [2.24, 2.45) is 0 Å². The van der Waals surface area contributed by atoms with Gasteiger partial charge >= 0.3 is 0 Å². The molecule has 0 amide bonds. The van der Waals surface area contributed by atoms with E-state index in [-0.39, 0.29) is 11.5 Å². The number of morpholine rings is 1. The van der Waals surface area contributed by atoms with Gasteiger partial charge in [0.25, 0.3) is 0 Å². The van der Waals surface area contributed by atoms with Crippen molar-refractivity contribution in [2.75, 3.05) is 26.3 Å². The largest absolute Gasteiger partial charge is 0.503 e. The summed E-state index contributed by atoms with van der Waals surface area (Å²) in [6.45, 7) is 2.94. The van der Waals surface area contributed by atoms with Crippen LogP contribution < -0.4 is 0 Å². The van der Waals surface area contributed by atoms with E-state index < -0.39 is 0 Å². The van der Waals surface area contributed by atoms with Crippen LogP contribution >= 0.6 is 0 Å². The predicted octanol–water partition coefficient (Wildman–Crippen LogP) is 0.451. The van der Waals surface area contributed by atoms with E-state index in [1.807, 2.05) is 4.90 Å². The third kappa shape index (κ3) is 1.54. The molecule has 1 heterocycles. The highest BCUT2D eigenvalue weighted by Gasteiger charge is 2.27. The molecule has 0 atom stereocenters. The summed E-state index contributed by atoms with van der Waals surface area (Å²) >= 11 is 0. The smallest absolute Gasteiger partial charge is 0.199 e. The third-order valence-corrected chi connectivity index (χ3v) is 2.52. The maximum Gasteiger partial charge on any atom is 0.199 e. The van der Waals surface area contributed by atoms with Gasteiger partial charge in [0, 0.05) is 19.5 Å². The summed E-state index contributed by atoms with van der Waals surface area (Å²) in [6, 6.07) is 0. The zero-order valence-electron chi connectivity index (χ0n) is 7.45. The molecule has 2 aliphatic rings. The second kappa shape index (κ2) is 3.38. The number of ether oxygens (including phenoxy) is 1. The van der Waals surface area contributed by atoms with E-state index in [4.69, 9.17) is 4.74 Å². The van der Waals surface area contributed by atoms with Crippen molar-refractivity contribution in [3.63, 3.8) is 0 Å². The normalized spacial score (nSPS) is 24.3. The molecule has 1 aliphatic heterocycles. The number of aliphatic hydroxyl groups is 1. The summed E-state index contributed by atoms with van der Waals surface area (Å²) in [6.07, 6.45) is 1.14. The van der Waals surface area contributed by atoms with Crippen molar-refractivity contribution in [1.29, 1.82) is 0 Å². The second-order valence-corrected chi connectivity index (χ2v) is 3.32.